The molecule has 0 radical (unpaired) electrons. The summed E-state index contributed by atoms with van der Waals surface area (Å²) in [6, 6.07) is 5.04. The number of anilines is 2. The first-order valence-corrected chi connectivity index (χ1v) is 5.37. The third-order valence-corrected chi connectivity index (χ3v) is 2.71. The molecule has 1 saturated heterocycles. The minimum Gasteiger partial charge on any atom is -0.373 e. The predicted octanol–water partition coefficient (Wildman–Crippen LogP) is -0.0254. The van der Waals surface area contributed by atoms with Crippen molar-refractivity contribution >= 4 is 23.5 Å². The summed E-state index contributed by atoms with van der Waals surface area (Å²) in [5.41, 5.74) is 0. The van der Waals surface area contributed by atoms with Crippen LogP contribution in [0.15, 0.2) is 18.2 Å². The lowest BCUT2D eigenvalue weighted by atomic mass is 10.2. The minimum atomic E-state index is -0.396. The van der Waals surface area contributed by atoms with Crippen molar-refractivity contribution < 1.29 is 9.59 Å². The van der Waals surface area contributed by atoms with Gasteiger partial charge >= 0.3 is 0 Å². The van der Waals surface area contributed by atoms with Gasteiger partial charge in [0, 0.05) is 7.05 Å². The minimum absolute atomic E-state index is 0.146. The molecule has 1 aliphatic rings. The number of pyridine rings is 1. The number of hydrogen-bond acceptors (Lipinski definition) is 5. The molecule has 2 amide bonds. The van der Waals surface area contributed by atoms with Crippen LogP contribution < -0.4 is 15.5 Å². The van der Waals surface area contributed by atoms with Crippen molar-refractivity contribution in [2.24, 2.45) is 0 Å². The quantitative estimate of drug-likeness (QED) is 0.703. The number of nitrogens with one attached hydrogen (secondary N) is 2. The Kier molecular flexibility index (Phi) is 2.95. The summed E-state index contributed by atoms with van der Waals surface area (Å²) < 4.78 is 0. The molecule has 0 aliphatic carbocycles. The van der Waals surface area contributed by atoms with Crippen molar-refractivity contribution in [1.82, 2.24) is 10.3 Å². The highest BCUT2D eigenvalue weighted by Crippen LogP contribution is 2.18. The summed E-state index contributed by atoms with van der Waals surface area (Å²) in [5.74, 6) is 0.725. The fourth-order valence-electron chi connectivity index (χ4n) is 1.72. The van der Waals surface area contributed by atoms with Gasteiger partial charge in [0.1, 0.15) is 17.7 Å². The molecule has 2 N–H and O–H groups in total. The SMILES string of the molecule is CNc1cccc(N2CC(=O)NC(=O)C2C)n1. The van der Waals surface area contributed by atoms with Crippen LogP contribution >= 0.6 is 0 Å². The molecule has 0 spiro atoms. The maximum absolute atomic E-state index is 11.5. The van der Waals surface area contributed by atoms with Gasteiger partial charge in [-0.05, 0) is 19.1 Å². The van der Waals surface area contributed by atoms with Gasteiger partial charge in [-0.2, -0.15) is 0 Å². The van der Waals surface area contributed by atoms with Crippen molar-refractivity contribution in [2.45, 2.75) is 13.0 Å². The number of hydrogen-bond donors (Lipinski definition) is 2. The van der Waals surface area contributed by atoms with Crippen molar-refractivity contribution in [3.63, 3.8) is 0 Å². The fourth-order valence-corrected chi connectivity index (χ4v) is 1.72. The Morgan fingerprint density at radius 2 is 2.24 bits per heavy atom. The van der Waals surface area contributed by atoms with Crippen molar-refractivity contribution in [3.8, 4) is 0 Å². The number of aromatic nitrogens is 1. The number of amides is 2. The molecule has 1 atom stereocenters. The first-order valence-electron chi connectivity index (χ1n) is 5.37. The van der Waals surface area contributed by atoms with Crippen LogP contribution in [0, 0.1) is 0 Å². The topological polar surface area (TPSA) is 74.3 Å². The largest absolute Gasteiger partial charge is 0.373 e. The van der Waals surface area contributed by atoms with Crippen molar-refractivity contribution in [2.75, 3.05) is 23.8 Å². The molecular formula is C11H14N4O2. The lowest BCUT2D eigenvalue weighted by molar-refractivity contribution is -0.132. The second-order valence-electron chi connectivity index (χ2n) is 3.85. The van der Waals surface area contributed by atoms with E-state index in [-0.39, 0.29) is 18.4 Å². The van der Waals surface area contributed by atoms with E-state index in [9.17, 15) is 9.59 Å². The third-order valence-electron chi connectivity index (χ3n) is 2.71. The Morgan fingerprint density at radius 3 is 2.94 bits per heavy atom. The van der Waals surface area contributed by atoms with E-state index in [1.165, 1.54) is 0 Å². The fraction of sp³-hybridized carbons (Fsp3) is 0.364. The standard InChI is InChI=1S/C11H14N4O2/c1-7-11(17)14-10(16)6-15(7)9-5-3-4-8(12-2)13-9/h3-5,7H,6H2,1-2H3,(H,12,13)(H,14,16,17). The smallest absolute Gasteiger partial charge is 0.249 e. The molecule has 1 unspecified atom stereocenters. The first kappa shape index (κ1) is 11.4. The number of carbonyl (C=O) groups is 2. The Bertz CT molecular complexity index is 461. The summed E-state index contributed by atoms with van der Waals surface area (Å²) in [7, 11) is 1.77. The van der Waals surface area contributed by atoms with Gasteiger partial charge in [-0.3, -0.25) is 14.9 Å². The number of piperazine rings is 1. The van der Waals surface area contributed by atoms with Gasteiger partial charge in [0.05, 0.1) is 6.54 Å². The molecule has 6 nitrogen and oxygen atoms in total. The normalized spacial score (nSPS) is 20.1. The zero-order chi connectivity index (χ0) is 12.4. The summed E-state index contributed by atoms with van der Waals surface area (Å²) in [6.45, 7) is 1.89. The Balaban J connectivity index is 2.30. The molecule has 1 aromatic heterocycles. The van der Waals surface area contributed by atoms with E-state index in [0.717, 1.165) is 0 Å². The molecule has 0 aromatic carbocycles. The molecule has 0 bridgehead atoms. The lowest BCUT2D eigenvalue weighted by Crippen LogP contribution is -2.57. The number of nitrogens with zero attached hydrogens (tertiary/aromatic N) is 2. The van der Waals surface area contributed by atoms with Crippen molar-refractivity contribution in [3.05, 3.63) is 18.2 Å². The Morgan fingerprint density at radius 1 is 1.47 bits per heavy atom. The first-order chi connectivity index (χ1) is 8.11. The molecule has 2 heterocycles. The third kappa shape index (κ3) is 2.20. The van der Waals surface area contributed by atoms with Crippen LogP contribution in [0.5, 0.6) is 0 Å². The number of rotatable bonds is 2. The predicted molar refractivity (Wildman–Crippen MR) is 63.7 cm³/mol. The van der Waals surface area contributed by atoms with Crippen molar-refractivity contribution in [1.29, 1.82) is 0 Å². The molecular weight excluding hydrogens is 220 g/mol. The van der Waals surface area contributed by atoms with Crippen LogP contribution in [0.4, 0.5) is 11.6 Å². The highest BCUT2D eigenvalue weighted by molar-refractivity contribution is 6.04. The molecule has 6 heteroatoms. The van der Waals surface area contributed by atoms with E-state index in [1.54, 1.807) is 24.9 Å². The second kappa shape index (κ2) is 4.40. The summed E-state index contributed by atoms with van der Waals surface area (Å²) in [4.78, 5) is 28.9. The maximum Gasteiger partial charge on any atom is 0.249 e. The van der Waals surface area contributed by atoms with Gasteiger partial charge < -0.3 is 10.2 Å². The zero-order valence-electron chi connectivity index (χ0n) is 9.73. The number of carbonyl (C=O) groups excluding carboxylic acids is 2. The van der Waals surface area contributed by atoms with E-state index in [2.05, 4.69) is 15.6 Å². The van der Waals surface area contributed by atoms with E-state index in [0.29, 0.717) is 11.6 Å². The zero-order valence-corrected chi connectivity index (χ0v) is 9.73. The van der Waals surface area contributed by atoms with Gasteiger partial charge in [0.25, 0.3) is 0 Å². The Labute approximate surface area is 99.0 Å². The average Bonchev–Trinajstić information content (AvgIpc) is 2.34. The van der Waals surface area contributed by atoms with Crippen LogP contribution in [-0.2, 0) is 9.59 Å². The van der Waals surface area contributed by atoms with Gasteiger partial charge in [-0.15, -0.1) is 0 Å². The van der Waals surface area contributed by atoms with E-state index in [1.807, 2.05) is 12.1 Å². The molecule has 1 aliphatic heterocycles. The van der Waals surface area contributed by atoms with Crippen LogP contribution in [0.1, 0.15) is 6.92 Å². The van der Waals surface area contributed by atoms with Gasteiger partial charge in [-0.25, -0.2) is 4.98 Å². The van der Waals surface area contributed by atoms with Crippen LogP contribution in [0.2, 0.25) is 0 Å². The Hall–Kier alpha value is -2.11. The molecule has 1 aromatic rings. The summed E-state index contributed by atoms with van der Waals surface area (Å²) in [6.07, 6.45) is 0. The van der Waals surface area contributed by atoms with E-state index >= 15 is 0 Å². The summed E-state index contributed by atoms with van der Waals surface area (Å²) in [5, 5.41) is 5.21. The van der Waals surface area contributed by atoms with E-state index in [4.69, 9.17) is 0 Å². The van der Waals surface area contributed by atoms with Crippen LogP contribution in [0.25, 0.3) is 0 Å². The average molecular weight is 234 g/mol. The van der Waals surface area contributed by atoms with Crippen LogP contribution in [0.3, 0.4) is 0 Å². The molecule has 17 heavy (non-hydrogen) atoms. The highest BCUT2D eigenvalue weighted by atomic mass is 16.2. The van der Waals surface area contributed by atoms with Gasteiger partial charge in [0.15, 0.2) is 0 Å². The molecule has 0 saturated carbocycles. The second-order valence-corrected chi connectivity index (χ2v) is 3.85. The van der Waals surface area contributed by atoms with Gasteiger partial charge in [0.2, 0.25) is 11.8 Å². The van der Waals surface area contributed by atoms with Gasteiger partial charge in [-0.1, -0.05) is 6.07 Å². The van der Waals surface area contributed by atoms with Crippen LogP contribution in [-0.4, -0.2) is 36.4 Å². The monoisotopic (exact) mass is 234 g/mol. The van der Waals surface area contributed by atoms with E-state index < -0.39 is 6.04 Å². The number of imide groups is 1. The maximum atomic E-state index is 11.5. The molecule has 2 rings (SSSR count). The molecule has 90 valence electrons. The lowest BCUT2D eigenvalue weighted by Gasteiger charge is -2.32. The molecule has 1 fully saturated rings. The highest BCUT2D eigenvalue weighted by Gasteiger charge is 2.30. The summed E-state index contributed by atoms with van der Waals surface area (Å²) >= 11 is 0.